The number of urea groups is 1. The number of likely N-dealkylation sites (tertiary alicyclic amines) is 1. The Kier molecular flexibility index (Phi) is 7.92. The summed E-state index contributed by atoms with van der Waals surface area (Å²) in [6.07, 6.45) is 5.22. The number of ether oxygens (including phenoxy) is 1. The Balaban J connectivity index is 1.24. The molecule has 0 bridgehead atoms. The predicted octanol–water partition coefficient (Wildman–Crippen LogP) is 3.29. The van der Waals surface area contributed by atoms with E-state index < -0.39 is 11.6 Å². The van der Waals surface area contributed by atoms with Crippen LogP contribution in [-0.4, -0.2) is 69.8 Å². The molecule has 0 aliphatic carbocycles. The van der Waals surface area contributed by atoms with E-state index in [1.165, 1.54) is 10.8 Å². The van der Waals surface area contributed by atoms with Crippen LogP contribution in [0.4, 0.5) is 15.4 Å². The number of nitrogens with zero attached hydrogens (tertiary/aromatic N) is 3. The first-order valence-corrected chi connectivity index (χ1v) is 12.3. The number of amides is 4. The normalized spacial score (nSPS) is 14.7. The highest BCUT2D eigenvalue weighted by Gasteiger charge is 2.29. The molecule has 1 aromatic carbocycles. The molecule has 196 valence electrons. The van der Waals surface area contributed by atoms with Gasteiger partial charge in [0.25, 0.3) is 0 Å². The molecule has 2 aromatic heterocycles. The van der Waals surface area contributed by atoms with Crippen LogP contribution in [0.3, 0.4) is 0 Å². The molecule has 11 nitrogen and oxygen atoms in total. The van der Waals surface area contributed by atoms with Crippen LogP contribution in [0.15, 0.2) is 48.8 Å². The third-order valence-corrected chi connectivity index (χ3v) is 6.35. The number of piperidine rings is 1. The minimum absolute atomic E-state index is 0.0348. The lowest BCUT2D eigenvalue weighted by atomic mass is 9.93. The Morgan fingerprint density at radius 2 is 1.86 bits per heavy atom. The first kappa shape index (κ1) is 26.0. The summed E-state index contributed by atoms with van der Waals surface area (Å²) < 4.78 is 7.44. The second-order valence-electron chi connectivity index (χ2n) is 9.30. The van der Waals surface area contributed by atoms with Gasteiger partial charge in [0.1, 0.15) is 17.3 Å². The van der Waals surface area contributed by atoms with E-state index >= 15 is 0 Å². The number of aliphatic hydroxyl groups is 1. The summed E-state index contributed by atoms with van der Waals surface area (Å²) in [6, 6.07) is 9.83. The minimum atomic E-state index is -0.693. The van der Waals surface area contributed by atoms with Gasteiger partial charge >= 0.3 is 12.1 Å². The maximum Gasteiger partial charge on any atom is 0.325 e. The van der Waals surface area contributed by atoms with Crippen LogP contribution in [0.1, 0.15) is 32.6 Å². The van der Waals surface area contributed by atoms with E-state index in [1.54, 1.807) is 49.3 Å². The molecular weight excluding hydrogens is 476 g/mol. The molecule has 1 fully saturated rings. The van der Waals surface area contributed by atoms with E-state index in [4.69, 9.17) is 4.74 Å². The number of hydrogen-bond donors (Lipinski definition) is 4. The van der Waals surface area contributed by atoms with E-state index in [9.17, 15) is 19.5 Å². The molecule has 3 heterocycles. The molecule has 0 spiro atoms. The molecule has 37 heavy (non-hydrogen) atoms. The number of pyridine rings is 1. The van der Waals surface area contributed by atoms with Crippen molar-refractivity contribution in [2.45, 2.75) is 38.2 Å². The maximum absolute atomic E-state index is 12.3. The van der Waals surface area contributed by atoms with Crippen LogP contribution in [0.2, 0.25) is 0 Å². The Hall–Kier alpha value is -4.12. The van der Waals surface area contributed by atoms with Crippen molar-refractivity contribution in [3.63, 3.8) is 0 Å². The number of carbonyl (C=O) groups excluding carboxylic acids is 3. The van der Waals surface area contributed by atoms with E-state index in [1.807, 2.05) is 12.1 Å². The molecule has 4 amide bonds. The minimum Gasteiger partial charge on any atom is -0.457 e. The Morgan fingerprint density at radius 1 is 1.11 bits per heavy atom. The van der Waals surface area contributed by atoms with Crippen LogP contribution in [-0.2, 0) is 4.79 Å². The summed E-state index contributed by atoms with van der Waals surface area (Å²) in [4.78, 5) is 42.4. The van der Waals surface area contributed by atoms with Crippen molar-refractivity contribution in [2.75, 3.05) is 32.0 Å². The molecule has 3 aromatic rings. The molecule has 1 saturated heterocycles. The SMILES string of the molecule is CNC(=O)n1ccc2cc(Oc3ccnc(NC(=O)NCCCC(=O)N4CCC(C)(O)CC4)c3)ccc21. The number of anilines is 1. The van der Waals surface area contributed by atoms with Gasteiger partial charge in [-0.2, -0.15) is 0 Å². The first-order chi connectivity index (χ1) is 17.7. The quantitative estimate of drug-likeness (QED) is 0.362. The van der Waals surface area contributed by atoms with Crippen LogP contribution < -0.4 is 20.7 Å². The van der Waals surface area contributed by atoms with Gasteiger partial charge in [0, 0.05) is 56.9 Å². The highest BCUT2D eigenvalue weighted by atomic mass is 16.5. The summed E-state index contributed by atoms with van der Waals surface area (Å²) in [5.41, 5.74) is 0.0623. The third-order valence-electron chi connectivity index (χ3n) is 6.35. The van der Waals surface area contributed by atoms with Gasteiger partial charge in [-0.05, 0) is 56.5 Å². The first-order valence-electron chi connectivity index (χ1n) is 12.3. The molecule has 11 heteroatoms. The number of aromatic nitrogens is 2. The van der Waals surface area contributed by atoms with Gasteiger partial charge in [-0.15, -0.1) is 0 Å². The van der Waals surface area contributed by atoms with Gasteiger partial charge in [-0.3, -0.25) is 14.7 Å². The van der Waals surface area contributed by atoms with Gasteiger partial charge in [0.2, 0.25) is 5.91 Å². The Morgan fingerprint density at radius 3 is 2.62 bits per heavy atom. The van der Waals surface area contributed by atoms with Gasteiger partial charge in [0.15, 0.2) is 0 Å². The topological polar surface area (TPSA) is 138 Å². The molecule has 0 unspecified atom stereocenters. The average Bonchev–Trinajstić information content (AvgIpc) is 3.29. The summed E-state index contributed by atoms with van der Waals surface area (Å²) in [5, 5.41) is 18.8. The maximum atomic E-state index is 12.3. The standard InChI is InChI=1S/C26H32N6O5/c1-26(36)9-14-31(15-10-26)23(33)4-3-11-29-24(34)30-22-17-20(7-12-28-22)37-19-5-6-21-18(16-19)8-13-32(21)25(35)27-2/h5-8,12-13,16-17,36H,3-4,9-11,14-15H2,1-2H3,(H,27,35)(H2,28,29,30,34). The number of nitrogens with one attached hydrogen (secondary N) is 3. The zero-order chi connectivity index (χ0) is 26.4. The van der Waals surface area contributed by atoms with Crippen LogP contribution in [0.5, 0.6) is 11.5 Å². The summed E-state index contributed by atoms with van der Waals surface area (Å²) in [7, 11) is 1.58. The van der Waals surface area contributed by atoms with Crippen molar-refractivity contribution in [1.29, 1.82) is 0 Å². The largest absolute Gasteiger partial charge is 0.457 e. The van der Waals surface area contributed by atoms with E-state index in [0.717, 1.165) is 10.9 Å². The molecule has 0 atom stereocenters. The van der Waals surface area contributed by atoms with Crippen molar-refractivity contribution in [1.82, 2.24) is 25.1 Å². The van der Waals surface area contributed by atoms with Gasteiger partial charge in [-0.1, -0.05) is 0 Å². The summed E-state index contributed by atoms with van der Waals surface area (Å²) in [5.74, 6) is 1.41. The predicted molar refractivity (Wildman–Crippen MR) is 139 cm³/mol. The molecular formula is C26H32N6O5. The zero-order valence-corrected chi connectivity index (χ0v) is 21.0. The van der Waals surface area contributed by atoms with Crippen molar-refractivity contribution in [3.05, 3.63) is 48.8 Å². The molecule has 0 radical (unpaired) electrons. The molecule has 4 rings (SSSR count). The monoisotopic (exact) mass is 508 g/mol. The lowest BCUT2D eigenvalue weighted by Crippen LogP contribution is -2.45. The second kappa shape index (κ2) is 11.3. The van der Waals surface area contributed by atoms with Crippen molar-refractivity contribution in [3.8, 4) is 11.5 Å². The average molecular weight is 509 g/mol. The second-order valence-corrected chi connectivity index (χ2v) is 9.30. The Labute approximate surface area is 214 Å². The lowest BCUT2D eigenvalue weighted by molar-refractivity contribution is -0.135. The fourth-order valence-electron chi connectivity index (χ4n) is 4.16. The van der Waals surface area contributed by atoms with E-state index in [2.05, 4.69) is 20.9 Å². The molecule has 0 saturated carbocycles. The molecule has 1 aliphatic rings. The highest BCUT2D eigenvalue weighted by Crippen LogP contribution is 2.27. The molecule has 4 N–H and O–H groups in total. The molecule has 1 aliphatic heterocycles. The van der Waals surface area contributed by atoms with Gasteiger partial charge in [-0.25, -0.2) is 14.6 Å². The van der Waals surface area contributed by atoms with Crippen LogP contribution >= 0.6 is 0 Å². The fourth-order valence-corrected chi connectivity index (χ4v) is 4.16. The number of benzene rings is 1. The lowest BCUT2D eigenvalue weighted by Gasteiger charge is -2.35. The van der Waals surface area contributed by atoms with Crippen LogP contribution in [0, 0.1) is 0 Å². The number of fused-ring (bicyclic) bond motifs is 1. The number of carbonyl (C=O) groups is 3. The van der Waals surface area contributed by atoms with E-state index in [0.29, 0.717) is 62.6 Å². The van der Waals surface area contributed by atoms with Gasteiger partial charge < -0.3 is 25.4 Å². The number of hydrogen-bond acceptors (Lipinski definition) is 6. The smallest absolute Gasteiger partial charge is 0.325 e. The summed E-state index contributed by atoms with van der Waals surface area (Å²) >= 11 is 0. The third kappa shape index (κ3) is 6.76. The summed E-state index contributed by atoms with van der Waals surface area (Å²) in [6.45, 7) is 3.25. The van der Waals surface area contributed by atoms with Crippen LogP contribution in [0.25, 0.3) is 10.9 Å². The van der Waals surface area contributed by atoms with Gasteiger partial charge in [0.05, 0.1) is 11.1 Å². The fraction of sp³-hybridized carbons (Fsp3) is 0.385. The van der Waals surface area contributed by atoms with Crippen molar-refractivity contribution < 1.29 is 24.2 Å². The zero-order valence-electron chi connectivity index (χ0n) is 21.0. The van der Waals surface area contributed by atoms with E-state index in [-0.39, 0.29) is 11.9 Å². The van der Waals surface area contributed by atoms with Crippen molar-refractivity contribution in [2.24, 2.45) is 0 Å². The highest BCUT2D eigenvalue weighted by molar-refractivity contribution is 5.92. The Bertz CT molecular complexity index is 1280. The number of rotatable bonds is 7. The van der Waals surface area contributed by atoms with Crippen molar-refractivity contribution >= 4 is 34.7 Å².